The van der Waals surface area contributed by atoms with E-state index < -0.39 is 5.97 Å². The third-order valence-electron chi connectivity index (χ3n) is 2.52. The first kappa shape index (κ1) is 14.6. The van der Waals surface area contributed by atoms with Crippen LogP contribution in [-0.4, -0.2) is 28.5 Å². The average Bonchev–Trinajstić information content (AvgIpc) is 2.85. The molecule has 0 unspecified atom stereocenters. The molecular formula is C12H18N2O3S. The van der Waals surface area contributed by atoms with Crippen molar-refractivity contribution in [2.24, 2.45) is 0 Å². The van der Waals surface area contributed by atoms with Crippen molar-refractivity contribution in [3.63, 3.8) is 0 Å². The van der Waals surface area contributed by atoms with Crippen LogP contribution >= 0.6 is 11.3 Å². The molecule has 1 aromatic heterocycles. The highest BCUT2D eigenvalue weighted by atomic mass is 32.1. The number of amides is 1. The van der Waals surface area contributed by atoms with Gasteiger partial charge in [-0.3, -0.25) is 9.59 Å². The van der Waals surface area contributed by atoms with Gasteiger partial charge in [0.25, 0.3) is 5.91 Å². The first-order valence-electron chi connectivity index (χ1n) is 6.08. The molecule has 5 nitrogen and oxygen atoms in total. The molecule has 1 amide bonds. The number of carboxylic acid groups (broad SMARTS) is 1. The Bertz CT molecular complexity index is 365. The lowest BCUT2D eigenvalue weighted by Crippen LogP contribution is -2.24. The molecule has 0 aromatic carbocycles. The van der Waals surface area contributed by atoms with E-state index in [4.69, 9.17) is 5.11 Å². The number of unbranched alkanes of at least 4 members (excludes halogenated alkanes) is 4. The summed E-state index contributed by atoms with van der Waals surface area (Å²) in [5, 5.41) is 13.0. The van der Waals surface area contributed by atoms with Gasteiger partial charge >= 0.3 is 5.97 Å². The highest BCUT2D eigenvalue weighted by Crippen LogP contribution is 2.05. The molecule has 0 fully saturated rings. The minimum atomic E-state index is -0.731. The van der Waals surface area contributed by atoms with Crippen LogP contribution in [0.15, 0.2) is 10.9 Å². The predicted molar refractivity (Wildman–Crippen MR) is 69.8 cm³/mol. The fourth-order valence-electron chi connectivity index (χ4n) is 1.55. The van der Waals surface area contributed by atoms with Crippen LogP contribution in [0.4, 0.5) is 0 Å². The maximum atomic E-state index is 11.5. The van der Waals surface area contributed by atoms with Gasteiger partial charge in [-0.05, 0) is 12.8 Å². The second-order valence-corrected chi connectivity index (χ2v) is 4.76. The van der Waals surface area contributed by atoms with Gasteiger partial charge in [0.2, 0.25) is 0 Å². The second kappa shape index (κ2) is 8.63. The van der Waals surface area contributed by atoms with E-state index in [9.17, 15) is 9.59 Å². The Morgan fingerprint density at radius 1 is 1.22 bits per heavy atom. The molecule has 0 aliphatic heterocycles. The number of aliphatic carboxylic acids is 1. The number of nitrogens with one attached hydrogen (secondary N) is 1. The number of carboxylic acids is 1. The van der Waals surface area contributed by atoms with Crippen LogP contribution in [0.2, 0.25) is 0 Å². The van der Waals surface area contributed by atoms with Crippen LogP contribution in [0.5, 0.6) is 0 Å². The molecule has 0 saturated heterocycles. The van der Waals surface area contributed by atoms with Gasteiger partial charge in [0.15, 0.2) is 0 Å². The van der Waals surface area contributed by atoms with Gasteiger partial charge in [-0.1, -0.05) is 19.3 Å². The molecule has 1 rings (SSSR count). The molecule has 18 heavy (non-hydrogen) atoms. The largest absolute Gasteiger partial charge is 0.481 e. The first-order chi connectivity index (χ1) is 8.70. The number of rotatable bonds is 9. The van der Waals surface area contributed by atoms with E-state index in [2.05, 4.69) is 10.3 Å². The molecule has 0 aliphatic rings. The number of carbonyl (C=O) groups excluding carboxylic acids is 1. The summed E-state index contributed by atoms with van der Waals surface area (Å²) < 4.78 is 0. The van der Waals surface area contributed by atoms with Crippen LogP contribution in [0, 0.1) is 0 Å². The molecule has 0 saturated carbocycles. The van der Waals surface area contributed by atoms with E-state index in [0.29, 0.717) is 12.2 Å². The Morgan fingerprint density at radius 2 is 1.94 bits per heavy atom. The number of hydrogen-bond acceptors (Lipinski definition) is 4. The second-order valence-electron chi connectivity index (χ2n) is 4.04. The van der Waals surface area contributed by atoms with Crippen molar-refractivity contribution >= 4 is 23.2 Å². The van der Waals surface area contributed by atoms with Crippen molar-refractivity contribution < 1.29 is 14.7 Å². The Balaban J connectivity index is 1.93. The molecule has 0 radical (unpaired) electrons. The fourth-order valence-corrected chi connectivity index (χ4v) is 2.08. The normalized spacial score (nSPS) is 10.2. The number of aromatic nitrogens is 1. The Labute approximate surface area is 110 Å². The Kier molecular flexibility index (Phi) is 7.01. The molecule has 100 valence electrons. The topological polar surface area (TPSA) is 79.3 Å². The number of hydrogen-bond donors (Lipinski definition) is 2. The van der Waals surface area contributed by atoms with Crippen molar-refractivity contribution in [1.82, 2.24) is 10.3 Å². The highest BCUT2D eigenvalue weighted by molar-refractivity contribution is 7.07. The molecule has 0 spiro atoms. The van der Waals surface area contributed by atoms with Crippen molar-refractivity contribution in [1.29, 1.82) is 0 Å². The van der Waals surface area contributed by atoms with Gasteiger partial charge in [0.1, 0.15) is 5.69 Å². The van der Waals surface area contributed by atoms with E-state index in [1.165, 1.54) is 11.3 Å². The summed E-state index contributed by atoms with van der Waals surface area (Å²) >= 11 is 1.40. The zero-order valence-corrected chi connectivity index (χ0v) is 11.0. The minimum Gasteiger partial charge on any atom is -0.481 e. The van der Waals surface area contributed by atoms with Gasteiger partial charge in [-0.2, -0.15) is 0 Å². The van der Waals surface area contributed by atoms with Crippen molar-refractivity contribution in [3.05, 3.63) is 16.6 Å². The zero-order chi connectivity index (χ0) is 13.2. The summed E-state index contributed by atoms with van der Waals surface area (Å²) in [6.07, 6.45) is 4.87. The van der Waals surface area contributed by atoms with Gasteiger partial charge in [-0.25, -0.2) is 4.98 Å². The third-order valence-corrected chi connectivity index (χ3v) is 3.10. The quantitative estimate of drug-likeness (QED) is 0.675. The Hall–Kier alpha value is -1.43. The SMILES string of the molecule is O=C(O)CCCCCCCNC(=O)c1cscn1. The van der Waals surface area contributed by atoms with Crippen LogP contribution in [0.1, 0.15) is 49.0 Å². The van der Waals surface area contributed by atoms with E-state index in [0.717, 1.165) is 32.1 Å². The smallest absolute Gasteiger partial charge is 0.303 e. The van der Waals surface area contributed by atoms with Crippen LogP contribution in [0.3, 0.4) is 0 Å². The highest BCUT2D eigenvalue weighted by Gasteiger charge is 2.05. The summed E-state index contributed by atoms with van der Waals surface area (Å²) in [6, 6.07) is 0. The molecule has 2 N–H and O–H groups in total. The lowest BCUT2D eigenvalue weighted by molar-refractivity contribution is -0.137. The summed E-state index contributed by atoms with van der Waals surface area (Å²) in [5.74, 6) is -0.854. The van der Waals surface area contributed by atoms with Gasteiger partial charge < -0.3 is 10.4 Å². The van der Waals surface area contributed by atoms with Crippen LogP contribution in [-0.2, 0) is 4.79 Å². The van der Waals surface area contributed by atoms with Crippen LogP contribution in [0.25, 0.3) is 0 Å². The summed E-state index contributed by atoms with van der Waals surface area (Å²) in [6.45, 7) is 0.648. The lowest BCUT2D eigenvalue weighted by atomic mass is 10.1. The summed E-state index contributed by atoms with van der Waals surface area (Å²) in [7, 11) is 0. The molecule has 0 atom stereocenters. The molecule has 0 bridgehead atoms. The first-order valence-corrected chi connectivity index (χ1v) is 7.02. The monoisotopic (exact) mass is 270 g/mol. The molecular weight excluding hydrogens is 252 g/mol. The van der Waals surface area contributed by atoms with Crippen LogP contribution < -0.4 is 5.32 Å². The van der Waals surface area contributed by atoms with E-state index in [-0.39, 0.29) is 12.3 Å². The van der Waals surface area contributed by atoms with Crippen molar-refractivity contribution in [3.8, 4) is 0 Å². The maximum absolute atomic E-state index is 11.5. The van der Waals surface area contributed by atoms with Gasteiger partial charge in [0.05, 0.1) is 5.51 Å². The number of nitrogens with zero attached hydrogens (tertiary/aromatic N) is 1. The average molecular weight is 270 g/mol. The zero-order valence-electron chi connectivity index (χ0n) is 10.2. The van der Waals surface area contributed by atoms with Crippen molar-refractivity contribution in [2.45, 2.75) is 38.5 Å². The predicted octanol–water partition coefficient (Wildman–Crippen LogP) is 2.30. The third kappa shape index (κ3) is 6.34. The summed E-state index contributed by atoms with van der Waals surface area (Å²) in [4.78, 5) is 25.7. The summed E-state index contributed by atoms with van der Waals surface area (Å²) in [5.41, 5.74) is 2.11. The molecule has 1 aromatic rings. The Morgan fingerprint density at radius 3 is 2.61 bits per heavy atom. The van der Waals surface area contributed by atoms with E-state index >= 15 is 0 Å². The fraction of sp³-hybridized carbons (Fsp3) is 0.583. The minimum absolute atomic E-state index is 0.123. The molecule has 1 heterocycles. The molecule has 0 aliphatic carbocycles. The van der Waals surface area contributed by atoms with E-state index in [1.807, 2.05) is 0 Å². The number of carbonyl (C=O) groups is 2. The van der Waals surface area contributed by atoms with Crippen molar-refractivity contribution in [2.75, 3.05) is 6.54 Å². The maximum Gasteiger partial charge on any atom is 0.303 e. The number of thiazole rings is 1. The van der Waals surface area contributed by atoms with E-state index in [1.54, 1.807) is 10.9 Å². The lowest BCUT2D eigenvalue weighted by Gasteiger charge is -2.03. The molecule has 6 heteroatoms. The van der Waals surface area contributed by atoms with Gasteiger partial charge in [-0.15, -0.1) is 11.3 Å². The standard InChI is InChI=1S/C12H18N2O3S/c15-11(16)6-4-2-1-3-5-7-13-12(17)10-8-18-9-14-10/h8-9H,1-7H2,(H,13,17)(H,15,16). The van der Waals surface area contributed by atoms with Gasteiger partial charge in [0, 0.05) is 18.3 Å².